The summed E-state index contributed by atoms with van der Waals surface area (Å²) in [6, 6.07) is 0. The second kappa shape index (κ2) is 4.12. The van der Waals surface area contributed by atoms with Crippen LogP contribution >= 0.6 is 0 Å². The van der Waals surface area contributed by atoms with E-state index in [1.807, 2.05) is 0 Å². The molecule has 5 heavy (non-hydrogen) atoms. The molecule has 0 unspecified atom stereocenters. The van der Waals surface area contributed by atoms with Crippen molar-refractivity contribution in [3.8, 4) is 0 Å². The Morgan fingerprint density at radius 3 is 1.80 bits per heavy atom. The van der Waals surface area contributed by atoms with E-state index in [4.69, 9.17) is 15.3 Å². The maximum absolute atomic E-state index is 8.36. The first-order valence-corrected chi connectivity index (χ1v) is 0.565. The second-order valence-corrected chi connectivity index (χ2v) is 0.238. The van der Waals surface area contributed by atoms with E-state index in [1.54, 1.807) is 0 Å². The van der Waals surface area contributed by atoms with Crippen LogP contribution in [0.2, 0.25) is 0 Å². The van der Waals surface area contributed by atoms with Crippen LogP contribution in [0.25, 0.3) is 0 Å². The van der Waals surface area contributed by atoms with E-state index < -0.39 is 5.09 Å². The Morgan fingerprint density at radius 2 is 1.80 bits per heavy atom. The Bertz CT molecular complexity index is 29.9. The summed E-state index contributed by atoms with van der Waals surface area (Å²) < 4.78 is 0. The van der Waals surface area contributed by atoms with Crippen molar-refractivity contribution in [2.24, 2.45) is 0 Å². The van der Waals surface area contributed by atoms with Gasteiger partial charge in [-0.2, -0.15) is 0 Å². The van der Waals surface area contributed by atoms with Crippen LogP contribution in [0, 0.1) is 10.1 Å². The van der Waals surface area contributed by atoms with Gasteiger partial charge in [0.1, 0.15) is 0 Å². The van der Waals surface area contributed by atoms with Gasteiger partial charge in [0.2, 0.25) is 0 Å². The van der Waals surface area contributed by atoms with E-state index in [1.165, 1.54) is 0 Å². The van der Waals surface area contributed by atoms with E-state index in [-0.39, 0.29) is 27.3 Å². The summed E-state index contributed by atoms with van der Waals surface area (Å²) >= 11 is 0. The molecule has 0 amide bonds. The predicted molar refractivity (Wildman–Crippen MR) is 8.78 cm³/mol. The quantitative estimate of drug-likeness (QED) is 0.311. The molecule has 0 aromatic rings. The van der Waals surface area contributed by atoms with Crippen LogP contribution < -0.4 is 0 Å². The van der Waals surface area contributed by atoms with Crippen LogP contribution in [0.3, 0.4) is 0 Å². The average Bonchev–Trinajstić information content (AvgIpc) is 0.811. The zero-order valence-corrected chi connectivity index (χ0v) is 6.45. The van der Waals surface area contributed by atoms with Gasteiger partial charge in [0.15, 0.2) is 0 Å². The summed E-state index contributed by atoms with van der Waals surface area (Å²) in [7, 11) is 0. The van der Waals surface area contributed by atoms with Gasteiger partial charge < -0.3 is 5.21 Å². The van der Waals surface area contributed by atoms with Crippen LogP contribution in [0.15, 0.2) is 0 Å². The summed E-state index contributed by atoms with van der Waals surface area (Å²) in [5.41, 5.74) is 0. The molecule has 0 aromatic carbocycles. The van der Waals surface area contributed by atoms with Crippen LogP contribution in [0.4, 0.5) is 0 Å². The van der Waals surface area contributed by atoms with Gasteiger partial charge in [-0.3, -0.25) is 0 Å². The Labute approximate surface area is 48.1 Å². The fourth-order valence-electron chi connectivity index (χ4n) is 0. The first kappa shape index (κ1) is 8.93. The van der Waals surface area contributed by atoms with Crippen molar-refractivity contribution in [3.05, 3.63) is 10.1 Å². The first-order valence-electron chi connectivity index (χ1n) is 0.565. The number of hydrogen-bond donors (Lipinski definition) is 1. The summed E-state index contributed by atoms with van der Waals surface area (Å²) in [4.78, 5) is 8.36. The normalized spacial score (nSPS) is 4.80. The molecule has 0 atom stereocenters. The Kier molecular flexibility index (Phi) is 7.36. The number of rotatable bonds is 0. The summed E-state index contributed by atoms with van der Waals surface area (Å²) in [5.74, 6) is 0. The molecule has 26 valence electrons. The molecule has 0 fully saturated rings. The molecule has 0 saturated heterocycles. The van der Waals surface area contributed by atoms with Gasteiger partial charge in [-0.15, -0.1) is 10.1 Å². The zero-order valence-electron chi connectivity index (χ0n) is 2.42. The molecule has 0 aliphatic carbocycles. The monoisotopic (exact) mass is 177 g/mol. The first-order chi connectivity index (χ1) is 1.73. The molecule has 0 rings (SSSR count). The summed E-state index contributed by atoms with van der Waals surface area (Å²) in [5, 5.41) is 13.6. The minimum atomic E-state index is -1.50. The molecule has 0 aromatic heterocycles. The van der Waals surface area contributed by atoms with E-state index >= 15 is 0 Å². The third-order valence-corrected chi connectivity index (χ3v) is 0. The molecule has 0 aliphatic rings. The van der Waals surface area contributed by atoms with Gasteiger partial charge >= 0.3 is 0 Å². The van der Waals surface area contributed by atoms with E-state index in [0.29, 0.717) is 0 Å². The molecular formula is HCdNO3. The van der Waals surface area contributed by atoms with Crippen molar-refractivity contribution in [3.63, 3.8) is 0 Å². The van der Waals surface area contributed by atoms with E-state index in [9.17, 15) is 0 Å². The maximum Gasteiger partial charge on any atom is 0.291 e. The Hall–Kier alpha value is 0.122. The number of hydrogen-bond acceptors (Lipinski definition) is 2. The summed E-state index contributed by atoms with van der Waals surface area (Å²) in [6.45, 7) is 0. The standard InChI is InChI=1S/Cd.HNO3/c;2-1(3)4/h;(H,2,3,4). The van der Waals surface area contributed by atoms with Crippen molar-refractivity contribution in [1.82, 2.24) is 0 Å². The third kappa shape index (κ3) is 1250. The van der Waals surface area contributed by atoms with Crippen molar-refractivity contribution >= 4 is 0 Å². The Morgan fingerprint density at radius 1 is 1.80 bits per heavy atom. The molecule has 0 saturated carbocycles. The van der Waals surface area contributed by atoms with Gasteiger partial charge in [0.05, 0.1) is 0 Å². The molecule has 0 spiro atoms. The molecule has 0 bridgehead atoms. The molecular weight excluding hydrogens is 174 g/mol. The fourth-order valence-corrected chi connectivity index (χ4v) is 0. The minimum Gasteiger partial charge on any atom is -0.328 e. The van der Waals surface area contributed by atoms with Gasteiger partial charge in [0, 0.05) is 27.3 Å². The van der Waals surface area contributed by atoms with Gasteiger partial charge in [-0.1, -0.05) is 0 Å². The van der Waals surface area contributed by atoms with Crippen molar-refractivity contribution in [1.29, 1.82) is 0 Å². The predicted octanol–water partition coefficient (Wildman–Crippen LogP) is -0.350. The average molecular weight is 175 g/mol. The fraction of sp³-hybridized carbons (Fsp3) is 0. The van der Waals surface area contributed by atoms with Gasteiger partial charge in [-0.25, -0.2) is 0 Å². The van der Waals surface area contributed by atoms with E-state index in [2.05, 4.69) is 0 Å². The minimum absolute atomic E-state index is 0. The van der Waals surface area contributed by atoms with Crippen LogP contribution in [0.1, 0.15) is 0 Å². The van der Waals surface area contributed by atoms with Crippen molar-refractivity contribution in [2.75, 3.05) is 0 Å². The number of nitrogens with zero attached hydrogens (tertiary/aromatic N) is 1. The topological polar surface area (TPSA) is 63.4 Å². The summed E-state index contributed by atoms with van der Waals surface area (Å²) in [6.07, 6.45) is 0. The van der Waals surface area contributed by atoms with E-state index in [0.717, 1.165) is 0 Å². The molecule has 4 nitrogen and oxygen atoms in total. The Balaban J connectivity index is 0. The molecule has 1 N–H and O–H groups in total. The second-order valence-electron chi connectivity index (χ2n) is 0.238. The van der Waals surface area contributed by atoms with Gasteiger partial charge in [-0.05, 0) is 0 Å². The van der Waals surface area contributed by atoms with Crippen molar-refractivity contribution in [2.45, 2.75) is 0 Å². The third-order valence-electron chi connectivity index (χ3n) is 0. The van der Waals surface area contributed by atoms with Crippen molar-refractivity contribution < 1.29 is 37.6 Å². The van der Waals surface area contributed by atoms with Gasteiger partial charge in [0.25, 0.3) is 5.09 Å². The van der Waals surface area contributed by atoms with Crippen LogP contribution in [-0.2, 0) is 27.3 Å². The van der Waals surface area contributed by atoms with Crippen LogP contribution in [-0.4, -0.2) is 10.3 Å². The molecule has 0 radical (unpaired) electrons. The SMILES string of the molecule is O=[N+]([O-])O.[Cd]. The largest absolute Gasteiger partial charge is 0.328 e. The molecule has 0 heterocycles. The maximum atomic E-state index is 8.36. The zero-order chi connectivity index (χ0) is 3.58. The van der Waals surface area contributed by atoms with Crippen LogP contribution in [0.5, 0.6) is 0 Å². The molecule has 5 heteroatoms. The smallest absolute Gasteiger partial charge is 0.291 e. The molecule has 0 aliphatic heterocycles.